The molecule has 1 nitrogen and oxygen atoms in total. The summed E-state index contributed by atoms with van der Waals surface area (Å²) in [4.78, 5) is 2.45. The van der Waals surface area contributed by atoms with Gasteiger partial charge in [-0.2, -0.15) is 0 Å². The molecular weight excluding hydrogens is 759 g/mol. The Bertz CT molecular complexity index is 3510. The molecule has 0 spiro atoms. The van der Waals surface area contributed by atoms with Crippen molar-refractivity contribution >= 4 is 65.7 Å². The van der Waals surface area contributed by atoms with Crippen LogP contribution in [0.3, 0.4) is 0 Å². The maximum atomic E-state index is 3.95. The lowest BCUT2D eigenvalue weighted by Crippen LogP contribution is -2.16. The van der Waals surface area contributed by atoms with Crippen molar-refractivity contribution in [2.75, 3.05) is 4.90 Å². The van der Waals surface area contributed by atoms with Crippen molar-refractivity contribution in [2.24, 2.45) is 0 Å². The van der Waals surface area contributed by atoms with Crippen LogP contribution >= 0.6 is 0 Å². The Kier molecular flexibility index (Phi) is 9.28. The highest BCUT2D eigenvalue weighted by Crippen LogP contribution is 2.51. The molecule has 0 amide bonds. The predicted octanol–water partition coefficient (Wildman–Crippen LogP) is 17.6. The lowest BCUT2D eigenvalue weighted by molar-refractivity contribution is 0.660. The molecule has 10 aromatic carbocycles. The van der Waals surface area contributed by atoms with Crippen LogP contribution in [0, 0.1) is 0 Å². The van der Waals surface area contributed by atoms with Gasteiger partial charge in [0.15, 0.2) is 0 Å². The Morgan fingerprint density at radius 3 is 1.83 bits per heavy atom. The molecule has 0 aromatic heterocycles. The summed E-state index contributed by atoms with van der Waals surface area (Å²) in [5, 5.41) is 9.78. The number of fused-ring (bicyclic) bond motifs is 8. The maximum absolute atomic E-state index is 3.95. The van der Waals surface area contributed by atoms with E-state index in [0.29, 0.717) is 0 Å². The molecule has 0 saturated carbocycles. The van der Waals surface area contributed by atoms with E-state index in [4.69, 9.17) is 0 Å². The van der Waals surface area contributed by atoms with Gasteiger partial charge in [-0.15, -0.1) is 0 Å². The minimum absolute atomic E-state index is 0.118. The van der Waals surface area contributed by atoms with Crippen LogP contribution in [0.2, 0.25) is 0 Å². The molecule has 1 aliphatic carbocycles. The van der Waals surface area contributed by atoms with Gasteiger partial charge < -0.3 is 4.90 Å². The fraction of sp³-hybridized carbons (Fsp3) is 0.0645. The first-order valence-electron chi connectivity index (χ1n) is 22.0. The smallest absolute Gasteiger partial charge is 0.0468 e. The molecule has 0 heterocycles. The van der Waals surface area contributed by atoms with Gasteiger partial charge in [-0.05, 0) is 166 Å². The summed E-state index contributed by atoms with van der Waals surface area (Å²) < 4.78 is 0. The van der Waals surface area contributed by atoms with Crippen LogP contribution in [0.4, 0.5) is 17.1 Å². The summed E-state index contributed by atoms with van der Waals surface area (Å²) in [6, 6.07) is 72.2. The van der Waals surface area contributed by atoms with Gasteiger partial charge in [0.1, 0.15) is 0 Å². The first-order chi connectivity index (χ1) is 30.9. The fourth-order valence-corrected chi connectivity index (χ4v) is 10.1. The number of benzene rings is 10. The van der Waals surface area contributed by atoms with Crippen molar-refractivity contribution in [3.8, 4) is 33.4 Å². The van der Waals surface area contributed by atoms with E-state index >= 15 is 0 Å². The highest BCUT2D eigenvalue weighted by Gasteiger charge is 2.35. The standard InChI is InChI=1S/C62H47N/c1-5-7-17-41(6-2)56-36-45-22-13-14-23-46(45)37-58(56)47-27-31-53-52-32-29-50(35-48(52)39-57(59(53)38-47)43-19-9-8-10-20-43)63(49-28-26-42-18-11-12-21-44(42)34-49)51-30-33-55-54-24-15-16-25-60(54)62(3,4)61(55)40-51/h5-40H,1H2,2-4H3/b17-7-,41-6+. The monoisotopic (exact) mass is 805 g/mol. The van der Waals surface area contributed by atoms with Gasteiger partial charge in [-0.3, -0.25) is 0 Å². The SMILES string of the molecule is C=C/C=C\C(=C/C)c1cc2ccccc2cc1-c1ccc2c(c1)c(-c1ccccc1)cc1cc(N(c3ccc4c(c3)C(C)(C)c3ccccc3-4)c3ccc4ccccc4c3)ccc12. The summed E-state index contributed by atoms with van der Waals surface area (Å²) in [6.45, 7) is 10.8. The van der Waals surface area contributed by atoms with Crippen LogP contribution in [0.15, 0.2) is 225 Å². The predicted molar refractivity (Wildman–Crippen MR) is 273 cm³/mol. The van der Waals surface area contributed by atoms with Crippen LogP contribution in [0.1, 0.15) is 37.5 Å². The summed E-state index contributed by atoms with van der Waals surface area (Å²) in [5.74, 6) is 0. The van der Waals surface area contributed by atoms with E-state index in [0.717, 1.165) is 22.6 Å². The molecule has 0 bridgehead atoms. The molecule has 11 rings (SSSR count). The number of nitrogens with zero attached hydrogens (tertiary/aromatic N) is 1. The van der Waals surface area contributed by atoms with Gasteiger partial charge in [-0.1, -0.05) is 178 Å². The van der Waals surface area contributed by atoms with Crippen LogP contribution in [-0.4, -0.2) is 0 Å². The van der Waals surface area contributed by atoms with Gasteiger partial charge in [0.05, 0.1) is 0 Å². The molecule has 63 heavy (non-hydrogen) atoms. The van der Waals surface area contributed by atoms with Crippen molar-refractivity contribution in [1.82, 2.24) is 0 Å². The van der Waals surface area contributed by atoms with E-state index in [2.05, 4.69) is 239 Å². The molecule has 1 heteroatoms. The quantitative estimate of drug-likeness (QED) is 0.109. The first-order valence-corrected chi connectivity index (χ1v) is 22.0. The zero-order valence-electron chi connectivity index (χ0n) is 35.9. The Morgan fingerprint density at radius 2 is 1.05 bits per heavy atom. The molecule has 0 saturated heterocycles. The van der Waals surface area contributed by atoms with Crippen LogP contribution in [0.25, 0.3) is 82.0 Å². The average molecular weight is 806 g/mol. The minimum atomic E-state index is -0.118. The summed E-state index contributed by atoms with van der Waals surface area (Å²) in [7, 11) is 0. The number of hydrogen-bond acceptors (Lipinski definition) is 1. The van der Waals surface area contributed by atoms with Crippen molar-refractivity contribution in [3.63, 3.8) is 0 Å². The van der Waals surface area contributed by atoms with Crippen molar-refractivity contribution in [2.45, 2.75) is 26.2 Å². The average Bonchev–Trinajstić information content (AvgIpc) is 3.56. The van der Waals surface area contributed by atoms with E-state index in [1.54, 1.807) is 0 Å². The Labute approximate surface area is 370 Å². The van der Waals surface area contributed by atoms with Gasteiger partial charge >= 0.3 is 0 Å². The van der Waals surface area contributed by atoms with E-state index in [1.807, 2.05) is 12.2 Å². The second-order valence-corrected chi connectivity index (χ2v) is 17.3. The third-order valence-electron chi connectivity index (χ3n) is 13.3. The number of hydrogen-bond donors (Lipinski definition) is 0. The van der Waals surface area contributed by atoms with Crippen molar-refractivity contribution < 1.29 is 0 Å². The lowest BCUT2D eigenvalue weighted by atomic mass is 9.82. The molecular formula is C62H47N. The molecule has 0 N–H and O–H groups in total. The highest BCUT2D eigenvalue weighted by molar-refractivity contribution is 6.16. The minimum Gasteiger partial charge on any atom is -0.310 e. The largest absolute Gasteiger partial charge is 0.310 e. The zero-order valence-corrected chi connectivity index (χ0v) is 35.9. The van der Waals surface area contributed by atoms with Gasteiger partial charge in [0.25, 0.3) is 0 Å². The van der Waals surface area contributed by atoms with Crippen LogP contribution < -0.4 is 4.90 Å². The number of allylic oxidation sites excluding steroid dienone is 5. The molecule has 300 valence electrons. The van der Waals surface area contributed by atoms with Gasteiger partial charge in [0.2, 0.25) is 0 Å². The van der Waals surface area contributed by atoms with Crippen LogP contribution in [-0.2, 0) is 5.41 Å². The lowest BCUT2D eigenvalue weighted by Gasteiger charge is -2.29. The van der Waals surface area contributed by atoms with E-state index < -0.39 is 0 Å². The second kappa shape index (κ2) is 15.3. The summed E-state index contributed by atoms with van der Waals surface area (Å²) in [5.41, 5.74) is 15.8. The topological polar surface area (TPSA) is 3.24 Å². The second-order valence-electron chi connectivity index (χ2n) is 17.3. The van der Waals surface area contributed by atoms with Gasteiger partial charge in [-0.25, -0.2) is 0 Å². The van der Waals surface area contributed by atoms with Crippen molar-refractivity contribution in [1.29, 1.82) is 0 Å². The number of anilines is 3. The van der Waals surface area contributed by atoms with E-state index in [9.17, 15) is 0 Å². The molecule has 0 aliphatic heterocycles. The fourth-order valence-electron chi connectivity index (χ4n) is 10.1. The Balaban J connectivity index is 1.12. The summed E-state index contributed by atoms with van der Waals surface area (Å²) >= 11 is 0. The first kappa shape index (κ1) is 38.2. The molecule has 0 fully saturated rings. The Morgan fingerprint density at radius 1 is 0.444 bits per heavy atom. The maximum Gasteiger partial charge on any atom is 0.0468 e. The normalized spacial score (nSPS) is 13.2. The number of rotatable bonds is 8. The van der Waals surface area contributed by atoms with Crippen LogP contribution in [0.5, 0.6) is 0 Å². The molecule has 0 unspecified atom stereocenters. The highest BCUT2D eigenvalue weighted by atomic mass is 15.1. The third-order valence-corrected chi connectivity index (χ3v) is 13.3. The molecule has 0 radical (unpaired) electrons. The molecule has 0 atom stereocenters. The van der Waals surface area contributed by atoms with E-state index in [-0.39, 0.29) is 5.41 Å². The zero-order chi connectivity index (χ0) is 42.7. The van der Waals surface area contributed by atoms with E-state index in [1.165, 1.54) is 93.2 Å². The molecule has 1 aliphatic rings. The van der Waals surface area contributed by atoms with Crippen molar-refractivity contribution in [3.05, 3.63) is 242 Å². The summed E-state index contributed by atoms with van der Waals surface area (Å²) in [6.07, 6.45) is 8.22. The molecule has 10 aromatic rings. The third kappa shape index (κ3) is 6.48. The Hall–Kier alpha value is -7.74. The van der Waals surface area contributed by atoms with Gasteiger partial charge in [0, 0.05) is 22.5 Å².